The monoisotopic (exact) mass is 440 g/mol. The molecule has 0 aliphatic rings. The molecule has 0 atom stereocenters. The maximum atomic E-state index is 13.1. The summed E-state index contributed by atoms with van der Waals surface area (Å²) in [6, 6.07) is 10.9. The highest BCUT2D eigenvalue weighted by Gasteiger charge is 2.34. The van der Waals surface area contributed by atoms with Crippen LogP contribution < -0.4 is 5.32 Å². The summed E-state index contributed by atoms with van der Waals surface area (Å²) in [6.07, 6.45) is -4.63. The van der Waals surface area contributed by atoms with Crippen molar-refractivity contribution in [1.29, 1.82) is 0 Å². The van der Waals surface area contributed by atoms with E-state index in [9.17, 15) is 18.0 Å². The Labute approximate surface area is 174 Å². The topological polar surface area (TPSA) is 59.8 Å². The number of nitrogens with zero attached hydrogens (tertiary/aromatic N) is 3. The molecule has 0 bridgehead atoms. The number of carbonyl (C=O) groups excluding carboxylic acids is 1. The molecule has 152 valence electrons. The van der Waals surface area contributed by atoms with Gasteiger partial charge in [-0.1, -0.05) is 53.2 Å². The van der Waals surface area contributed by atoms with Crippen molar-refractivity contribution in [2.75, 3.05) is 11.1 Å². The van der Waals surface area contributed by atoms with Crippen LogP contribution in [0.1, 0.15) is 11.1 Å². The van der Waals surface area contributed by atoms with E-state index in [0.717, 1.165) is 35.0 Å². The normalized spacial score (nSPS) is 11.5. The molecule has 0 spiro atoms. The summed E-state index contributed by atoms with van der Waals surface area (Å²) in [5, 5.41) is 10.9. The molecule has 1 N–H and O–H groups in total. The molecule has 10 heteroatoms. The van der Waals surface area contributed by atoms with Crippen LogP contribution in [-0.4, -0.2) is 26.4 Å². The van der Waals surface area contributed by atoms with Gasteiger partial charge >= 0.3 is 6.18 Å². The van der Waals surface area contributed by atoms with Crippen molar-refractivity contribution in [3.63, 3.8) is 0 Å². The Bertz CT molecular complexity index is 1030. The number of aromatic nitrogens is 3. The number of rotatable bonds is 5. The van der Waals surface area contributed by atoms with Gasteiger partial charge in [-0.05, 0) is 25.1 Å². The highest BCUT2D eigenvalue weighted by molar-refractivity contribution is 7.99. The summed E-state index contributed by atoms with van der Waals surface area (Å²) >= 11 is 6.72. The molecule has 2 aromatic carbocycles. The lowest BCUT2D eigenvalue weighted by Crippen LogP contribution is -2.18. The van der Waals surface area contributed by atoms with E-state index in [1.807, 2.05) is 31.2 Å². The Balaban J connectivity index is 1.69. The minimum absolute atomic E-state index is 0.0626. The quantitative estimate of drug-likeness (QED) is 0.554. The molecule has 0 saturated heterocycles. The Morgan fingerprint density at radius 2 is 1.86 bits per heavy atom. The second-order valence-corrected chi connectivity index (χ2v) is 7.63. The van der Waals surface area contributed by atoms with Gasteiger partial charge in [0.05, 0.1) is 17.0 Å². The summed E-state index contributed by atoms with van der Waals surface area (Å²) < 4.78 is 41.1. The van der Waals surface area contributed by atoms with E-state index in [0.29, 0.717) is 11.0 Å². The van der Waals surface area contributed by atoms with Gasteiger partial charge in [0, 0.05) is 17.6 Å². The second-order valence-electron chi connectivity index (χ2n) is 6.26. The lowest BCUT2D eigenvalue weighted by molar-refractivity contribution is -0.137. The van der Waals surface area contributed by atoms with Gasteiger partial charge in [-0.2, -0.15) is 13.2 Å². The van der Waals surface area contributed by atoms with Crippen LogP contribution in [0.3, 0.4) is 0 Å². The van der Waals surface area contributed by atoms with E-state index < -0.39 is 17.6 Å². The van der Waals surface area contributed by atoms with Crippen molar-refractivity contribution in [1.82, 2.24) is 14.8 Å². The summed E-state index contributed by atoms with van der Waals surface area (Å²) in [6.45, 7) is 1.98. The minimum Gasteiger partial charge on any atom is -0.325 e. The molecule has 0 radical (unpaired) electrons. The van der Waals surface area contributed by atoms with Gasteiger partial charge in [0.25, 0.3) is 0 Å². The SMILES string of the molecule is Cc1ccc(-c2nnc(SCC(=O)Nc3ccc(Cl)cc3C(F)(F)F)n2C)cc1. The average Bonchev–Trinajstić information content (AvgIpc) is 3.02. The van der Waals surface area contributed by atoms with E-state index in [2.05, 4.69) is 15.5 Å². The first-order valence-electron chi connectivity index (χ1n) is 8.41. The first-order chi connectivity index (χ1) is 13.6. The third-order valence-corrected chi connectivity index (χ3v) is 5.29. The standard InChI is InChI=1S/C19H16ClF3N4OS/c1-11-3-5-12(6-4-11)17-25-26-18(27(17)2)29-10-16(28)24-15-8-7-13(20)9-14(15)19(21,22)23/h3-9H,10H2,1-2H3,(H,24,28). The van der Waals surface area contributed by atoms with Gasteiger partial charge in [0.1, 0.15) is 0 Å². The predicted molar refractivity (Wildman–Crippen MR) is 107 cm³/mol. The van der Waals surface area contributed by atoms with Crippen molar-refractivity contribution >= 4 is 35.0 Å². The molecule has 0 fully saturated rings. The van der Waals surface area contributed by atoms with Crippen molar-refractivity contribution < 1.29 is 18.0 Å². The highest BCUT2D eigenvalue weighted by Crippen LogP contribution is 2.36. The molecule has 5 nitrogen and oxygen atoms in total. The summed E-state index contributed by atoms with van der Waals surface area (Å²) in [5.41, 5.74) is 0.648. The molecule has 29 heavy (non-hydrogen) atoms. The molecular formula is C19H16ClF3N4OS. The lowest BCUT2D eigenvalue weighted by Gasteiger charge is -2.14. The number of halogens is 4. The molecule has 3 rings (SSSR count). The number of anilines is 1. The molecule has 1 amide bonds. The van der Waals surface area contributed by atoms with Crippen LogP contribution in [0.5, 0.6) is 0 Å². The Morgan fingerprint density at radius 1 is 1.17 bits per heavy atom. The van der Waals surface area contributed by atoms with Crippen LogP contribution >= 0.6 is 23.4 Å². The van der Waals surface area contributed by atoms with Gasteiger partial charge < -0.3 is 9.88 Å². The number of hydrogen-bond acceptors (Lipinski definition) is 4. The van der Waals surface area contributed by atoms with Crippen molar-refractivity contribution in [2.45, 2.75) is 18.3 Å². The number of hydrogen-bond donors (Lipinski definition) is 1. The zero-order chi connectivity index (χ0) is 21.2. The van der Waals surface area contributed by atoms with Crippen LogP contribution in [-0.2, 0) is 18.0 Å². The molecule has 0 saturated carbocycles. The summed E-state index contributed by atoms with van der Waals surface area (Å²) in [4.78, 5) is 12.2. The number of amides is 1. The average molecular weight is 441 g/mol. The Morgan fingerprint density at radius 3 is 2.52 bits per heavy atom. The highest BCUT2D eigenvalue weighted by atomic mass is 35.5. The summed E-state index contributed by atoms with van der Waals surface area (Å²) in [5.74, 6) is -0.0903. The van der Waals surface area contributed by atoms with E-state index in [1.165, 1.54) is 6.07 Å². The van der Waals surface area contributed by atoms with Crippen molar-refractivity contribution in [3.05, 3.63) is 58.6 Å². The van der Waals surface area contributed by atoms with Crippen molar-refractivity contribution in [3.8, 4) is 11.4 Å². The molecule has 0 aliphatic carbocycles. The Hall–Kier alpha value is -2.52. The number of benzene rings is 2. The zero-order valence-corrected chi connectivity index (χ0v) is 17.0. The first-order valence-corrected chi connectivity index (χ1v) is 9.77. The van der Waals surface area contributed by atoms with E-state index in [1.54, 1.807) is 11.6 Å². The van der Waals surface area contributed by atoms with Gasteiger partial charge in [-0.3, -0.25) is 4.79 Å². The van der Waals surface area contributed by atoms with Crippen LogP contribution in [0.2, 0.25) is 5.02 Å². The lowest BCUT2D eigenvalue weighted by atomic mass is 10.1. The number of aryl methyl sites for hydroxylation is 1. The minimum atomic E-state index is -4.63. The Kier molecular flexibility index (Phi) is 6.18. The van der Waals surface area contributed by atoms with Gasteiger partial charge in [0.2, 0.25) is 5.91 Å². The summed E-state index contributed by atoms with van der Waals surface area (Å²) in [7, 11) is 1.76. The fourth-order valence-electron chi connectivity index (χ4n) is 2.57. The van der Waals surface area contributed by atoms with Gasteiger partial charge in [-0.25, -0.2) is 0 Å². The third-order valence-electron chi connectivity index (χ3n) is 4.04. The maximum Gasteiger partial charge on any atom is 0.418 e. The predicted octanol–water partition coefficient (Wildman–Crippen LogP) is 5.19. The van der Waals surface area contributed by atoms with E-state index in [4.69, 9.17) is 11.6 Å². The third kappa shape index (κ3) is 5.10. The first kappa shape index (κ1) is 21.2. The number of thioether (sulfide) groups is 1. The smallest absolute Gasteiger partial charge is 0.325 e. The molecule has 0 aliphatic heterocycles. The van der Waals surface area contributed by atoms with E-state index in [-0.39, 0.29) is 16.5 Å². The van der Waals surface area contributed by atoms with Gasteiger partial charge in [0.15, 0.2) is 11.0 Å². The van der Waals surface area contributed by atoms with Gasteiger partial charge in [-0.15, -0.1) is 10.2 Å². The maximum absolute atomic E-state index is 13.1. The number of alkyl halides is 3. The zero-order valence-electron chi connectivity index (χ0n) is 15.4. The fourth-order valence-corrected chi connectivity index (χ4v) is 3.45. The largest absolute Gasteiger partial charge is 0.418 e. The second kappa shape index (κ2) is 8.46. The number of carbonyl (C=O) groups is 1. The molecule has 1 heterocycles. The molecule has 1 aromatic heterocycles. The molecule has 3 aromatic rings. The number of nitrogens with one attached hydrogen (secondary N) is 1. The van der Waals surface area contributed by atoms with Crippen LogP contribution in [0, 0.1) is 6.92 Å². The van der Waals surface area contributed by atoms with Crippen LogP contribution in [0.15, 0.2) is 47.6 Å². The fraction of sp³-hybridized carbons (Fsp3) is 0.211. The van der Waals surface area contributed by atoms with Crippen molar-refractivity contribution in [2.24, 2.45) is 7.05 Å². The molecular weight excluding hydrogens is 425 g/mol. The van der Waals surface area contributed by atoms with Crippen LogP contribution in [0.4, 0.5) is 18.9 Å². The van der Waals surface area contributed by atoms with Crippen LogP contribution in [0.25, 0.3) is 11.4 Å². The molecule has 0 unspecified atom stereocenters. The van der Waals surface area contributed by atoms with E-state index >= 15 is 0 Å².